The molecular weight excluding hydrogens is 302 g/mol. The van der Waals surface area contributed by atoms with Gasteiger partial charge in [0.15, 0.2) is 0 Å². The number of carbonyl (C=O) groups excluding carboxylic acids is 1. The average molecular weight is 321 g/mol. The lowest BCUT2D eigenvalue weighted by Gasteiger charge is -2.25. The third kappa shape index (κ3) is 3.20. The van der Waals surface area contributed by atoms with E-state index in [1.165, 1.54) is 11.4 Å². The fourth-order valence-electron chi connectivity index (χ4n) is 1.86. The molecule has 0 radical (unpaired) electrons. The van der Waals surface area contributed by atoms with Gasteiger partial charge in [-0.25, -0.2) is 13.2 Å². The summed E-state index contributed by atoms with van der Waals surface area (Å²) < 4.78 is 31.2. The maximum atomic E-state index is 12.7. The molecule has 0 bridgehead atoms. The second kappa shape index (κ2) is 6.66. The van der Waals surface area contributed by atoms with Crippen LogP contribution in [0.5, 0.6) is 0 Å². The van der Waals surface area contributed by atoms with Gasteiger partial charge in [0.1, 0.15) is 9.77 Å². The third-order valence-corrected chi connectivity index (χ3v) is 6.22. The van der Waals surface area contributed by atoms with Crippen molar-refractivity contribution in [3.63, 3.8) is 0 Å². The first kappa shape index (κ1) is 17.1. The molecule has 0 saturated carbocycles. The number of thiophene rings is 1. The van der Waals surface area contributed by atoms with Crippen molar-refractivity contribution in [2.75, 3.05) is 20.3 Å². The highest BCUT2D eigenvalue weighted by Gasteiger charge is 2.33. The number of methoxy groups -OCH3 is 1. The Morgan fingerprint density at radius 2 is 2.10 bits per heavy atom. The molecule has 8 heteroatoms. The summed E-state index contributed by atoms with van der Waals surface area (Å²) in [7, 11) is -2.64. The zero-order chi connectivity index (χ0) is 15.5. The number of hydrogen-bond acceptors (Lipinski definition) is 6. The summed E-state index contributed by atoms with van der Waals surface area (Å²) in [6.07, 6.45) is 0. The maximum absolute atomic E-state index is 12.7. The lowest BCUT2D eigenvalue weighted by Crippen LogP contribution is -2.39. The molecule has 1 N–H and O–H groups in total. The zero-order valence-electron chi connectivity index (χ0n) is 11.9. The second-order valence-electron chi connectivity index (χ2n) is 4.50. The summed E-state index contributed by atoms with van der Waals surface area (Å²) in [6.45, 7) is 4.76. The second-order valence-corrected chi connectivity index (χ2v) is 7.21. The highest BCUT2D eigenvalue weighted by Crippen LogP contribution is 2.30. The molecule has 1 rings (SSSR count). The smallest absolute Gasteiger partial charge is 0.349 e. The lowest BCUT2D eigenvalue weighted by molar-refractivity contribution is 0.0602. The van der Waals surface area contributed by atoms with Gasteiger partial charge < -0.3 is 9.84 Å². The summed E-state index contributed by atoms with van der Waals surface area (Å²) in [6, 6.07) is -0.322. The average Bonchev–Trinajstić information content (AvgIpc) is 2.76. The minimum absolute atomic E-state index is 0.0180. The van der Waals surface area contributed by atoms with Gasteiger partial charge in [-0.1, -0.05) is 0 Å². The first-order chi connectivity index (χ1) is 9.27. The van der Waals surface area contributed by atoms with E-state index >= 15 is 0 Å². The van der Waals surface area contributed by atoms with Crippen molar-refractivity contribution >= 4 is 27.3 Å². The van der Waals surface area contributed by atoms with E-state index in [1.54, 1.807) is 26.2 Å². The third-order valence-electron chi connectivity index (χ3n) is 2.75. The Morgan fingerprint density at radius 3 is 2.55 bits per heavy atom. The molecule has 0 unspecified atom stereocenters. The van der Waals surface area contributed by atoms with Crippen LogP contribution in [0.15, 0.2) is 10.3 Å². The van der Waals surface area contributed by atoms with Gasteiger partial charge >= 0.3 is 5.97 Å². The van der Waals surface area contributed by atoms with E-state index in [0.29, 0.717) is 5.56 Å². The fraction of sp³-hybridized carbons (Fsp3) is 0.583. The van der Waals surface area contributed by atoms with E-state index in [1.807, 2.05) is 0 Å². The van der Waals surface area contributed by atoms with Crippen LogP contribution in [0.25, 0.3) is 0 Å². The Kier molecular flexibility index (Phi) is 5.69. The predicted octanol–water partition coefficient (Wildman–Crippen LogP) is 1.23. The van der Waals surface area contributed by atoms with Crippen LogP contribution in [0.1, 0.15) is 29.1 Å². The first-order valence-electron chi connectivity index (χ1n) is 6.06. The molecule has 0 saturated heterocycles. The Labute approximate surface area is 123 Å². The summed E-state index contributed by atoms with van der Waals surface area (Å²) in [5.41, 5.74) is 0.499. The molecule has 0 aliphatic rings. The van der Waals surface area contributed by atoms with E-state index in [2.05, 4.69) is 4.74 Å². The number of rotatable bonds is 6. The molecule has 114 valence electrons. The van der Waals surface area contributed by atoms with Crippen molar-refractivity contribution in [3.8, 4) is 0 Å². The minimum Gasteiger partial charge on any atom is -0.465 e. The lowest BCUT2D eigenvalue weighted by atomic mass is 10.3. The van der Waals surface area contributed by atoms with Gasteiger partial charge in [-0.15, -0.1) is 11.3 Å². The van der Waals surface area contributed by atoms with Crippen LogP contribution < -0.4 is 0 Å². The van der Waals surface area contributed by atoms with Gasteiger partial charge in [0.2, 0.25) is 10.0 Å². The summed E-state index contributed by atoms with van der Waals surface area (Å²) in [5.74, 6) is -0.672. The van der Waals surface area contributed by atoms with Crippen molar-refractivity contribution in [2.24, 2.45) is 0 Å². The highest BCUT2D eigenvalue weighted by molar-refractivity contribution is 7.89. The number of nitrogens with zero attached hydrogens (tertiary/aromatic N) is 1. The Bertz CT molecular complexity index is 577. The Hall–Kier alpha value is -0.960. The van der Waals surface area contributed by atoms with Crippen molar-refractivity contribution in [1.82, 2.24) is 4.31 Å². The molecule has 0 atom stereocenters. The van der Waals surface area contributed by atoms with Crippen LogP contribution in [0.2, 0.25) is 0 Å². The molecule has 1 aromatic rings. The van der Waals surface area contributed by atoms with Gasteiger partial charge in [0.05, 0.1) is 13.7 Å². The SMILES string of the molecule is COC(=O)c1scc(C)c1S(=O)(=O)N(CCO)C(C)C. The fourth-order valence-corrected chi connectivity index (χ4v) is 5.15. The molecule has 1 heterocycles. The Morgan fingerprint density at radius 1 is 1.50 bits per heavy atom. The van der Waals surface area contributed by atoms with Gasteiger partial charge in [-0.05, 0) is 31.7 Å². The summed E-state index contributed by atoms with van der Waals surface area (Å²) in [5, 5.41) is 10.7. The van der Waals surface area contributed by atoms with Crippen LogP contribution in [-0.4, -0.2) is 50.1 Å². The number of sulfonamides is 1. The zero-order valence-corrected chi connectivity index (χ0v) is 13.5. The molecule has 0 aliphatic heterocycles. The van der Waals surface area contributed by atoms with E-state index in [4.69, 9.17) is 5.11 Å². The van der Waals surface area contributed by atoms with E-state index in [0.717, 1.165) is 11.3 Å². The molecular formula is C12H19NO5S2. The van der Waals surface area contributed by atoms with E-state index in [9.17, 15) is 13.2 Å². The number of aliphatic hydroxyl groups is 1. The van der Waals surface area contributed by atoms with Gasteiger partial charge in [0, 0.05) is 12.6 Å². The normalized spacial score (nSPS) is 12.2. The summed E-state index contributed by atoms with van der Waals surface area (Å²) in [4.78, 5) is 11.7. The van der Waals surface area contributed by atoms with Crippen molar-refractivity contribution in [2.45, 2.75) is 31.7 Å². The molecule has 6 nitrogen and oxygen atoms in total. The van der Waals surface area contributed by atoms with Crippen LogP contribution in [-0.2, 0) is 14.8 Å². The number of esters is 1. The number of carbonyl (C=O) groups is 1. The van der Waals surface area contributed by atoms with Gasteiger partial charge in [0.25, 0.3) is 0 Å². The van der Waals surface area contributed by atoms with Crippen LogP contribution in [0.3, 0.4) is 0 Å². The maximum Gasteiger partial charge on any atom is 0.349 e. The van der Waals surface area contributed by atoms with Crippen LogP contribution in [0.4, 0.5) is 0 Å². The van der Waals surface area contributed by atoms with Gasteiger partial charge in [-0.3, -0.25) is 0 Å². The summed E-state index contributed by atoms with van der Waals surface area (Å²) >= 11 is 1.04. The molecule has 0 amide bonds. The van der Waals surface area contributed by atoms with E-state index in [-0.39, 0.29) is 29.0 Å². The van der Waals surface area contributed by atoms with Crippen molar-refractivity contribution in [3.05, 3.63) is 15.8 Å². The topological polar surface area (TPSA) is 83.9 Å². The number of aryl methyl sites for hydroxylation is 1. The van der Waals surface area contributed by atoms with E-state index < -0.39 is 16.0 Å². The Balaban J connectivity index is 3.41. The van der Waals surface area contributed by atoms with Crippen LogP contribution in [0, 0.1) is 6.92 Å². The highest BCUT2D eigenvalue weighted by atomic mass is 32.2. The number of aliphatic hydroxyl groups excluding tert-OH is 1. The standard InChI is InChI=1S/C12H19NO5S2/c1-8(2)13(5-6-14)20(16,17)11-9(3)7-19-10(11)12(15)18-4/h7-8,14H,5-6H2,1-4H3. The quantitative estimate of drug-likeness (QED) is 0.797. The molecule has 0 aliphatic carbocycles. The molecule has 0 aromatic carbocycles. The number of ether oxygens (including phenoxy) is 1. The largest absolute Gasteiger partial charge is 0.465 e. The van der Waals surface area contributed by atoms with Crippen molar-refractivity contribution < 1.29 is 23.1 Å². The van der Waals surface area contributed by atoms with Crippen molar-refractivity contribution in [1.29, 1.82) is 0 Å². The molecule has 20 heavy (non-hydrogen) atoms. The number of hydrogen-bond donors (Lipinski definition) is 1. The monoisotopic (exact) mass is 321 g/mol. The first-order valence-corrected chi connectivity index (χ1v) is 8.38. The predicted molar refractivity (Wildman–Crippen MR) is 76.5 cm³/mol. The van der Waals surface area contributed by atoms with Crippen LogP contribution >= 0.6 is 11.3 Å². The molecule has 0 fully saturated rings. The minimum atomic E-state index is -3.85. The molecule has 1 aromatic heterocycles. The van der Waals surface area contributed by atoms with Gasteiger partial charge in [-0.2, -0.15) is 4.31 Å². The molecule has 0 spiro atoms.